The van der Waals surface area contributed by atoms with Gasteiger partial charge in [0.05, 0.1) is 12.8 Å². The number of hydrogen-bond donors (Lipinski definition) is 1. The SMILES string of the molecule is COCc1cc(C)nc(OCC(=O)N/N=C\c2ccc(OCc3ccccc3)cc2)c1C#N. The zero-order valence-electron chi connectivity index (χ0n) is 18.4. The second-order valence-corrected chi connectivity index (χ2v) is 7.07. The van der Waals surface area contributed by atoms with Gasteiger partial charge in [-0.05, 0) is 48.4 Å². The molecule has 0 radical (unpaired) electrons. The van der Waals surface area contributed by atoms with E-state index in [1.54, 1.807) is 13.0 Å². The van der Waals surface area contributed by atoms with Gasteiger partial charge >= 0.3 is 0 Å². The van der Waals surface area contributed by atoms with Crippen LogP contribution in [-0.4, -0.2) is 30.8 Å². The topological polar surface area (TPSA) is 106 Å². The maximum Gasteiger partial charge on any atom is 0.278 e. The Labute approximate surface area is 192 Å². The Morgan fingerprint density at radius 3 is 2.58 bits per heavy atom. The first-order valence-corrected chi connectivity index (χ1v) is 10.2. The Morgan fingerprint density at radius 2 is 1.88 bits per heavy atom. The van der Waals surface area contributed by atoms with E-state index in [1.165, 1.54) is 13.3 Å². The standard InChI is InChI=1S/C25H24N4O4/c1-18-12-21(16-31-2)23(13-26)25(28-18)33-17-24(30)29-27-14-19-8-10-22(11-9-19)32-15-20-6-4-3-5-7-20/h3-12,14H,15-17H2,1-2H3,(H,29,30)/b27-14-. The number of nitriles is 1. The third-order valence-corrected chi connectivity index (χ3v) is 4.48. The molecule has 0 fully saturated rings. The molecule has 8 nitrogen and oxygen atoms in total. The second-order valence-electron chi connectivity index (χ2n) is 7.07. The number of benzene rings is 2. The minimum absolute atomic E-state index is 0.0924. The van der Waals surface area contributed by atoms with Crippen LogP contribution < -0.4 is 14.9 Å². The molecule has 3 rings (SSSR count). The summed E-state index contributed by atoms with van der Waals surface area (Å²) < 4.78 is 16.3. The van der Waals surface area contributed by atoms with E-state index in [1.807, 2.05) is 60.7 Å². The highest BCUT2D eigenvalue weighted by atomic mass is 16.5. The zero-order chi connectivity index (χ0) is 23.5. The van der Waals surface area contributed by atoms with Gasteiger partial charge in [0.25, 0.3) is 5.91 Å². The van der Waals surface area contributed by atoms with Crippen LogP contribution in [0.1, 0.15) is 27.9 Å². The number of amides is 1. The van der Waals surface area contributed by atoms with Crippen molar-refractivity contribution in [2.75, 3.05) is 13.7 Å². The van der Waals surface area contributed by atoms with Crippen molar-refractivity contribution < 1.29 is 19.0 Å². The Bertz CT molecular complexity index is 1140. The molecule has 3 aromatic rings. The van der Waals surface area contributed by atoms with Gasteiger partial charge in [0, 0.05) is 18.4 Å². The molecule has 0 saturated heterocycles. The largest absolute Gasteiger partial charge is 0.489 e. The highest BCUT2D eigenvalue weighted by Crippen LogP contribution is 2.21. The van der Waals surface area contributed by atoms with Crippen molar-refractivity contribution in [1.29, 1.82) is 5.26 Å². The molecule has 168 valence electrons. The first-order chi connectivity index (χ1) is 16.1. The fourth-order valence-electron chi connectivity index (χ4n) is 2.94. The van der Waals surface area contributed by atoms with Crippen molar-refractivity contribution in [3.63, 3.8) is 0 Å². The van der Waals surface area contributed by atoms with Crippen LogP contribution in [0.15, 0.2) is 65.8 Å². The number of rotatable bonds is 10. The monoisotopic (exact) mass is 444 g/mol. The number of aryl methyl sites for hydroxylation is 1. The molecule has 2 aromatic carbocycles. The molecule has 0 aliphatic rings. The van der Waals surface area contributed by atoms with Gasteiger partial charge in [-0.15, -0.1) is 0 Å². The molecule has 1 amide bonds. The minimum Gasteiger partial charge on any atom is -0.489 e. The Kier molecular flexibility index (Phi) is 8.51. The van der Waals surface area contributed by atoms with Crippen LogP contribution in [0, 0.1) is 18.3 Å². The van der Waals surface area contributed by atoms with Gasteiger partial charge in [0.2, 0.25) is 5.88 Å². The van der Waals surface area contributed by atoms with E-state index in [0.29, 0.717) is 17.9 Å². The summed E-state index contributed by atoms with van der Waals surface area (Å²) in [5.41, 5.74) is 5.83. The van der Waals surface area contributed by atoms with Crippen LogP contribution in [0.3, 0.4) is 0 Å². The van der Waals surface area contributed by atoms with Crippen LogP contribution in [0.2, 0.25) is 0 Å². The smallest absolute Gasteiger partial charge is 0.278 e. The van der Waals surface area contributed by atoms with E-state index in [9.17, 15) is 10.1 Å². The third kappa shape index (κ3) is 7.16. The summed E-state index contributed by atoms with van der Waals surface area (Å²) in [6, 6.07) is 21.0. The van der Waals surface area contributed by atoms with Gasteiger partial charge in [-0.1, -0.05) is 30.3 Å². The van der Waals surface area contributed by atoms with E-state index < -0.39 is 5.91 Å². The average molecular weight is 444 g/mol. The lowest BCUT2D eigenvalue weighted by Gasteiger charge is -2.10. The molecule has 0 bridgehead atoms. The summed E-state index contributed by atoms with van der Waals surface area (Å²) >= 11 is 0. The van der Waals surface area contributed by atoms with Crippen LogP contribution in [0.5, 0.6) is 11.6 Å². The third-order valence-electron chi connectivity index (χ3n) is 4.48. The second kappa shape index (κ2) is 12.0. The molecule has 0 aliphatic carbocycles. The van der Waals surface area contributed by atoms with Crippen LogP contribution in [0.25, 0.3) is 0 Å². The normalized spacial score (nSPS) is 10.6. The molecule has 0 spiro atoms. The number of aromatic nitrogens is 1. The Balaban J connectivity index is 1.49. The maximum atomic E-state index is 12.1. The van der Waals surface area contributed by atoms with Gasteiger partial charge < -0.3 is 14.2 Å². The van der Waals surface area contributed by atoms with E-state index in [0.717, 1.165) is 16.9 Å². The number of methoxy groups -OCH3 is 1. The number of hydrazone groups is 1. The molecule has 1 N–H and O–H groups in total. The molecule has 1 aromatic heterocycles. The number of carbonyl (C=O) groups is 1. The number of nitrogens with one attached hydrogen (secondary N) is 1. The zero-order valence-corrected chi connectivity index (χ0v) is 18.4. The molecule has 0 saturated carbocycles. The molecular formula is C25H24N4O4. The Hall–Kier alpha value is -4.22. The van der Waals surface area contributed by atoms with Gasteiger partial charge in [-0.3, -0.25) is 4.79 Å². The lowest BCUT2D eigenvalue weighted by atomic mass is 10.1. The van der Waals surface area contributed by atoms with E-state index in [-0.39, 0.29) is 24.7 Å². The Morgan fingerprint density at radius 1 is 1.12 bits per heavy atom. The predicted molar refractivity (Wildman–Crippen MR) is 123 cm³/mol. The summed E-state index contributed by atoms with van der Waals surface area (Å²) in [5.74, 6) is 0.351. The molecule has 8 heteroatoms. The van der Waals surface area contributed by atoms with Crippen LogP contribution >= 0.6 is 0 Å². The lowest BCUT2D eigenvalue weighted by Crippen LogP contribution is -2.25. The van der Waals surface area contributed by atoms with Crippen molar-refractivity contribution in [2.24, 2.45) is 5.10 Å². The predicted octanol–water partition coefficient (Wildman–Crippen LogP) is 3.52. The number of carbonyl (C=O) groups excluding carboxylic acids is 1. The van der Waals surface area contributed by atoms with Crippen LogP contribution in [-0.2, 0) is 22.7 Å². The summed E-state index contributed by atoms with van der Waals surface area (Å²) in [4.78, 5) is 16.3. The average Bonchev–Trinajstić information content (AvgIpc) is 2.83. The summed E-state index contributed by atoms with van der Waals surface area (Å²) in [5, 5.41) is 13.3. The number of pyridine rings is 1. The summed E-state index contributed by atoms with van der Waals surface area (Å²) in [6.07, 6.45) is 1.52. The maximum absolute atomic E-state index is 12.1. The highest BCUT2D eigenvalue weighted by Gasteiger charge is 2.14. The van der Waals surface area contributed by atoms with Crippen molar-refractivity contribution in [3.8, 4) is 17.7 Å². The highest BCUT2D eigenvalue weighted by molar-refractivity contribution is 5.83. The number of nitrogens with zero attached hydrogens (tertiary/aromatic N) is 3. The minimum atomic E-state index is -0.477. The molecular weight excluding hydrogens is 420 g/mol. The lowest BCUT2D eigenvalue weighted by molar-refractivity contribution is -0.123. The fraction of sp³-hybridized carbons (Fsp3) is 0.200. The fourth-order valence-corrected chi connectivity index (χ4v) is 2.94. The molecule has 0 atom stereocenters. The van der Waals surface area contributed by atoms with E-state index in [2.05, 4.69) is 15.5 Å². The molecule has 1 heterocycles. The van der Waals surface area contributed by atoms with Crippen molar-refractivity contribution in [3.05, 3.63) is 88.6 Å². The van der Waals surface area contributed by atoms with Gasteiger partial charge in [-0.25, -0.2) is 10.4 Å². The van der Waals surface area contributed by atoms with Gasteiger partial charge in [-0.2, -0.15) is 10.4 Å². The molecule has 0 unspecified atom stereocenters. The van der Waals surface area contributed by atoms with Crippen molar-refractivity contribution in [2.45, 2.75) is 20.1 Å². The number of ether oxygens (including phenoxy) is 3. The first kappa shape index (κ1) is 23.4. The van der Waals surface area contributed by atoms with Crippen molar-refractivity contribution in [1.82, 2.24) is 10.4 Å². The van der Waals surface area contributed by atoms with E-state index >= 15 is 0 Å². The quantitative estimate of drug-likeness (QED) is 0.379. The van der Waals surface area contributed by atoms with Gasteiger partial charge in [0.1, 0.15) is 24.0 Å². The summed E-state index contributed by atoms with van der Waals surface area (Å²) in [6.45, 7) is 2.17. The van der Waals surface area contributed by atoms with Crippen LogP contribution in [0.4, 0.5) is 0 Å². The summed E-state index contributed by atoms with van der Waals surface area (Å²) in [7, 11) is 1.54. The van der Waals surface area contributed by atoms with E-state index in [4.69, 9.17) is 14.2 Å². The number of hydrogen-bond acceptors (Lipinski definition) is 7. The van der Waals surface area contributed by atoms with Gasteiger partial charge in [0.15, 0.2) is 6.61 Å². The molecule has 0 aliphatic heterocycles. The first-order valence-electron chi connectivity index (χ1n) is 10.2. The van der Waals surface area contributed by atoms with Crippen molar-refractivity contribution >= 4 is 12.1 Å². The molecule has 33 heavy (non-hydrogen) atoms.